The van der Waals surface area contributed by atoms with Gasteiger partial charge in [0.2, 0.25) is 10.0 Å². The van der Waals surface area contributed by atoms with Crippen molar-refractivity contribution in [3.8, 4) is 0 Å². The lowest BCUT2D eigenvalue weighted by atomic mass is 9.91. The molecule has 1 saturated heterocycles. The van der Waals surface area contributed by atoms with E-state index in [4.69, 9.17) is 9.26 Å². The number of sulfonamides is 1. The highest BCUT2D eigenvalue weighted by Gasteiger charge is 2.40. The molecule has 0 amide bonds. The molecular weight excluding hydrogens is 280 g/mol. The molecule has 2 atom stereocenters. The minimum absolute atomic E-state index is 0.00785. The van der Waals surface area contributed by atoms with Gasteiger partial charge in [-0.3, -0.25) is 0 Å². The van der Waals surface area contributed by atoms with Gasteiger partial charge in [0.1, 0.15) is 5.75 Å². The Morgan fingerprint density at radius 2 is 2.20 bits per heavy atom. The fraction of sp³-hybridized carbons (Fsp3) is 0.769. The van der Waals surface area contributed by atoms with E-state index in [1.165, 1.54) is 0 Å². The fourth-order valence-electron chi connectivity index (χ4n) is 3.15. The van der Waals surface area contributed by atoms with Crippen LogP contribution in [-0.2, 0) is 20.5 Å². The molecule has 0 spiro atoms. The van der Waals surface area contributed by atoms with Crippen LogP contribution in [0.4, 0.5) is 0 Å². The van der Waals surface area contributed by atoms with Crippen LogP contribution >= 0.6 is 0 Å². The van der Waals surface area contributed by atoms with Crippen molar-refractivity contribution in [3.05, 3.63) is 17.5 Å². The summed E-state index contributed by atoms with van der Waals surface area (Å²) in [4.78, 5) is 0. The molecule has 2 aliphatic rings. The number of rotatable bonds is 3. The van der Waals surface area contributed by atoms with Crippen LogP contribution in [0.3, 0.4) is 0 Å². The molecule has 0 N–H and O–H groups in total. The summed E-state index contributed by atoms with van der Waals surface area (Å²) in [7, 11) is -3.37. The third kappa shape index (κ3) is 2.75. The minimum atomic E-state index is -3.37. The number of hydrogen-bond acceptors (Lipinski definition) is 5. The normalized spacial score (nSPS) is 28.2. The van der Waals surface area contributed by atoms with E-state index < -0.39 is 10.0 Å². The van der Waals surface area contributed by atoms with E-state index >= 15 is 0 Å². The van der Waals surface area contributed by atoms with Crippen molar-refractivity contribution < 1.29 is 17.7 Å². The zero-order valence-electron chi connectivity index (χ0n) is 11.6. The maximum atomic E-state index is 12.6. The lowest BCUT2D eigenvalue weighted by Gasteiger charge is -2.42. The molecule has 2 heterocycles. The topological polar surface area (TPSA) is 72.6 Å². The number of nitrogens with zero attached hydrogens (tertiary/aromatic N) is 2. The molecule has 1 aliphatic carbocycles. The molecule has 0 radical (unpaired) electrons. The Kier molecular flexibility index (Phi) is 3.83. The molecule has 1 saturated carbocycles. The first-order chi connectivity index (χ1) is 9.56. The van der Waals surface area contributed by atoms with Gasteiger partial charge in [-0.05, 0) is 19.8 Å². The highest BCUT2D eigenvalue weighted by Crippen LogP contribution is 2.31. The van der Waals surface area contributed by atoms with Gasteiger partial charge in [-0.1, -0.05) is 18.0 Å². The van der Waals surface area contributed by atoms with Gasteiger partial charge in [0, 0.05) is 12.6 Å². The molecule has 0 aromatic carbocycles. The predicted molar refractivity (Wildman–Crippen MR) is 72.6 cm³/mol. The number of fused-ring (bicyclic) bond motifs is 1. The van der Waals surface area contributed by atoms with Crippen molar-refractivity contribution in [2.75, 3.05) is 13.2 Å². The third-order valence-electron chi connectivity index (χ3n) is 4.04. The van der Waals surface area contributed by atoms with E-state index in [1.807, 2.05) is 0 Å². The molecule has 1 aromatic heterocycles. The average molecular weight is 300 g/mol. The Hall–Kier alpha value is -0.920. The number of ether oxygens (including phenoxy) is 1. The molecule has 7 heteroatoms. The Bertz CT molecular complexity index is 567. The van der Waals surface area contributed by atoms with Crippen LogP contribution in [0.5, 0.6) is 0 Å². The second kappa shape index (κ2) is 5.46. The maximum absolute atomic E-state index is 12.6. The van der Waals surface area contributed by atoms with Gasteiger partial charge in [0.15, 0.2) is 5.76 Å². The summed E-state index contributed by atoms with van der Waals surface area (Å²) < 4.78 is 37.6. The Balaban J connectivity index is 1.78. The molecular formula is C13H20N2O4S. The van der Waals surface area contributed by atoms with Gasteiger partial charge in [-0.15, -0.1) is 0 Å². The highest BCUT2D eigenvalue weighted by atomic mass is 32.2. The second-order valence-electron chi connectivity index (χ2n) is 5.56. The Morgan fingerprint density at radius 1 is 1.40 bits per heavy atom. The summed E-state index contributed by atoms with van der Waals surface area (Å²) in [6.45, 7) is 2.71. The first kappa shape index (κ1) is 14.0. The van der Waals surface area contributed by atoms with Crippen LogP contribution in [0.2, 0.25) is 0 Å². The molecule has 1 aromatic rings. The third-order valence-corrected chi connectivity index (χ3v) is 5.86. The fourth-order valence-corrected chi connectivity index (χ4v) is 4.82. The largest absolute Gasteiger partial charge is 0.375 e. The SMILES string of the molecule is Cc1cc(CS(=O)(=O)N2CCO[C@@H]3CCCC[C@@H]32)on1. The molecule has 6 nitrogen and oxygen atoms in total. The quantitative estimate of drug-likeness (QED) is 0.845. The number of morpholine rings is 1. The molecule has 3 rings (SSSR count). The lowest BCUT2D eigenvalue weighted by molar-refractivity contribution is -0.0587. The summed E-state index contributed by atoms with van der Waals surface area (Å²) in [6, 6.07) is 1.67. The number of aryl methyl sites for hydroxylation is 1. The molecule has 1 aliphatic heterocycles. The van der Waals surface area contributed by atoms with Crippen molar-refractivity contribution in [2.45, 2.75) is 50.5 Å². The zero-order valence-corrected chi connectivity index (χ0v) is 12.4. The maximum Gasteiger partial charge on any atom is 0.221 e. The monoisotopic (exact) mass is 300 g/mol. The first-order valence-corrected chi connectivity index (χ1v) is 8.70. The van der Waals surface area contributed by atoms with E-state index in [0.717, 1.165) is 25.7 Å². The molecule has 112 valence electrons. The molecule has 2 fully saturated rings. The Labute approximate surface area is 119 Å². The number of aromatic nitrogens is 1. The summed E-state index contributed by atoms with van der Waals surface area (Å²) in [5.41, 5.74) is 0.702. The van der Waals surface area contributed by atoms with E-state index in [-0.39, 0.29) is 17.9 Å². The van der Waals surface area contributed by atoms with Gasteiger partial charge in [-0.25, -0.2) is 8.42 Å². The van der Waals surface area contributed by atoms with Crippen LogP contribution in [0.1, 0.15) is 37.1 Å². The van der Waals surface area contributed by atoms with Crippen LogP contribution in [0, 0.1) is 6.92 Å². The second-order valence-corrected chi connectivity index (χ2v) is 7.48. The molecule has 20 heavy (non-hydrogen) atoms. The minimum Gasteiger partial charge on any atom is -0.375 e. The highest BCUT2D eigenvalue weighted by molar-refractivity contribution is 7.88. The van der Waals surface area contributed by atoms with E-state index in [9.17, 15) is 8.42 Å². The Morgan fingerprint density at radius 3 is 2.95 bits per heavy atom. The van der Waals surface area contributed by atoms with Crippen molar-refractivity contribution in [1.29, 1.82) is 0 Å². The van der Waals surface area contributed by atoms with Crippen molar-refractivity contribution >= 4 is 10.0 Å². The van der Waals surface area contributed by atoms with Gasteiger partial charge < -0.3 is 9.26 Å². The van der Waals surface area contributed by atoms with Gasteiger partial charge in [0.05, 0.1) is 24.4 Å². The van der Waals surface area contributed by atoms with E-state index in [1.54, 1.807) is 17.3 Å². The zero-order chi connectivity index (χ0) is 14.2. The standard InChI is InChI=1S/C13H20N2O4S/c1-10-8-11(19-14-10)9-20(16,17)15-6-7-18-13-5-3-2-4-12(13)15/h8,12-13H,2-7,9H2,1H3/t12-,13+/m0/s1. The van der Waals surface area contributed by atoms with Gasteiger partial charge in [0.25, 0.3) is 0 Å². The summed E-state index contributed by atoms with van der Waals surface area (Å²) in [5, 5.41) is 3.74. The van der Waals surface area contributed by atoms with Gasteiger partial charge >= 0.3 is 0 Å². The summed E-state index contributed by atoms with van der Waals surface area (Å²) in [5.74, 6) is 0.290. The van der Waals surface area contributed by atoms with Crippen LogP contribution in [0.15, 0.2) is 10.6 Å². The van der Waals surface area contributed by atoms with Crippen LogP contribution < -0.4 is 0 Å². The van der Waals surface area contributed by atoms with E-state index in [2.05, 4.69) is 5.16 Å². The lowest BCUT2D eigenvalue weighted by Crippen LogP contribution is -2.54. The smallest absolute Gasteiger partial charge is 0.221 e. The van der Waals surface area contributed by atoms with Crippen LogP contribution in [-0.4, -0.2) is 43.2 Å². The number of hydrogen-bond donors (Lipinski definition) is 0. The predicted octanol–water partition coefficient (Wildman–Crippen LogP) is 1.46. The summed E-state index contributed by atoms with van der Waals surface area (Å²) >= 11 is 0. The van der Waals surface area contributed by atoms with Gasteiger partial charge in [-0.2, -0.15) is 4.31 Å². The molecule has 0 unspecified atom stereocenters. The first-order valence-electron chi connectivity index (χ1n) is 7.09. The van der Waals surface area contributed by atoms with Crippen molar-refractivity contribution in [3.63, 3.8) is 0 Å². The van der Waals surface area contributed by atoms with Crippen LogP contribution in [0.25, 0.3) is 0 Å². The molecule has 0 bridgehead atoms. The van der Waals surface area contributed by atoms with E-state index in [0.29, 0.717) is 24.6 Å². The summed E-state index contributed by atoms with van der Waals surface area (Å²) in [6.07, 6.45) is 4.09. The van der Waals surface area contributed by atoms with Crippen molar-refractivity contribution in [2.24, 2.45) is 0 Å². The average Bonchev–Trinajstić information content (AvgIpc) is 2.82. The van der Waals surface area contributed by atoms with Crippen molar-refractivity contribution in [1.82, 2.24) is 9.46 Å².